The smallest absolute Gasteiger partial charge is 0.243 e. The first-order chi connectivity index (χ1) is 11.9. The number of ether oxygens (including phenoxy) is 1. The van der Waals surface area contributed by atoms with E-state index in [4.69, 9.17) is 4.74 Å². The molecule has 0 saturated carbocycles. The van der Waals surface area contributed by atoms with Crippen molar-refractivity contribution in [3.8, 4) is 5.75 Å². The van der Waals surface area contributed by atoms with Crippen molar-refractivity contribution in [1.82, 2.24) is 5.32 Å². The highest BCUT2D eigenvalue weighted by molar-refractivity contribution is 5.94. The monoisotopic (exact) mass is 340 g/mol. The standard InChI is InChI=1S/C20H24N2O3/c1-14(2)25-18-9-7-17(8-10-18)22-20(24)13-21-19(23)12-16-6-4-5-15(3)11-16/h4-11,14H,12-13H2,1-3H3,(H,21,23)(H,22,24). The summed E-state index contributed by atoms with van der Waals surface area (Å²) in [6.45, 7) is 5.82. The molecule has 2 amide bonds. The van der Waals surface area contributed by atoms with Gasteiger partial charge >= 0.3 is 0 Å². The van der Waals surface area contributed by atoms with Gasteiger partial charge in [-0.1, -0.05) is 29.8 Å². The van der Waals surface area contributed by atoms with Crippen LogP contribution in [0.5, 0.6) is 5.75 Å². The Bertz CT molecular complexity index is 724. The van der Waals surface area contributed by atoms with Crippen molar-refractivity contribution in [2.45, 2.75) is 33.3 Å². The van der Waals surface area contributed by atoms with Gasteiger partial charge < -0.3 is 15.4 Å². The van der Waals surface area contributed by atoms with E-state index in [9.17, 15) is 9.59 Å². The fourth-order valence-corrected chi connectivity index (χ4v) is 2.34. The molecular formula is C20H24N2O3. The van der Waals surface area contributed by atoms with Crippen molar-refractivity contribution < 1.29 is 14.3 Å². The highest BCUT2D eigenvalue weighted by Crippen LogP contribution is 2.16. The van der Waals surface area contributed by atoms with Crippen LogP contribution in [0.4, 0.5) is 5.69 Å². The molecule has 0 heterocycles. The molecule has 5 heteroatoms. The Morgan fingerprint density at radius 1 is 1.04 bits per heavy atom. The SMILES string of the molecule is Cc1cccc(CC(=O)NCC(=O)Nc2ccc(OC(C)C)cc2)c1. The lowest BCUT2D eigenvalue weighted by atomic mass is 10.1. The molecule has 0 fully saturated rings. The summed E-state index contributed by atoms with van der Waals surface area (Å²) in [5.74, 6) is 0.302. The van der Waals surface area contributed by atoms with Gasteiger partial charge in [-0.2, -0.15) is 0 Å². The first-order valence-corrected chi connectivity index (χ1v) is 8.31. The molecule has 5 nitrogen and oxygen atoms in total. The van der Waals surface area contributed by atoms with Gasteiger partial charge in [-0.3, -0.25) is 9.59 Å². The van der Waals surface area contributed by atoms with Gasteiger partial charge in [0, 0.05) is 5.69 Å². The largest absolute Gasteiger partial charge is 0.491 e. The van der Waals surface area contributed by atoms with Crippen LogP contribution in [0.2, 0.25) is 0 Å². The van der Waals surface area contributed by atoms with Gasteiger partial charge in [0.05, 0.1) is 19.1 Å². The van der Waals surface area contributed by atoms with Crippen molar-refractivity contribution in [3.05, 3.63) is 59.7 Å². The lowest BCUT2D eigenvalue weighted by Gasteiger charge is -2.11. The summed E-state index contributed by atoms with van der Waals surface area (Å²) in [6, 6.07) is 14.9. The molecule has 0 aliphatic heterocycles. The highest BCUT2D eigenvalue weighted by Gasteiger charge is 2.07. The summed E-state index contributed by atoms with van der Waals surface area (Å²) in [5.41, 5.74) is 2.70. The first kappa shape index (κ1) is 18.5. The number of hydrogen-bond donors (Lipinski definition) is 2. The minimum atomic E-state index is -0.268. The van der Waals surface area contributed by atoms with Gasteiger partial charge in [0.1, 0.15) is 5.75 Å². The Balaban J connectivity index is 1.77. The van der Waals surface area contributed by atoms with Crippen LogP contribution in [0.1, 0.15) is 25.0 Å². The Morgan fingerprint density at radius 2 is 1.76 bits per heavy atom. The van der Waals surface area contributed by atoms with Crippen molar-refractivity contribution in [2.75, 3.05) is 11.9 Å². The number of carbonyl (C=O) groups is 2. The van der Waals surface area contributed by atoms with Gasteiger partial charge in [0.25, 0.3) is 0 Å². The van der Waals surface area contributed by atoms with E-state index in [1.54, 1.807) is 24.3 Å². The van der Waals surface area contributed by atoms with Crippen LogP contribution in [0.15, 0.2) is 48.5 Å². The number of carbonyl (C=O) groups excluding carboxylic acids is 2. The zero-order valence-corrected chi connectivity index (χ0v) is 14.8. The summed E-state index contributed by atoms with van der Waals surface area (Å²) in [6.07, 6.45) is 0.361. The van der Waals surface area contributed by atoms with E-state index in [-0.39, 0.29) is 30.9 Å². The average molecular weight is 340 g/mol. The summed E-state index contributed by atoms with van der Waals surface area (Å²) in [7, 11) is 0. The molecule has 25 heavy (non-hydrogen) atoms. The lowest BCUT2D eigenvalue weighted by molar-refractivity contribution is -0.123. The number of aryl methyl sites for hydroxylation is 1. The molecule has 0 bridgehead atoms. The van der Waals surface area contributed by atoms with Crippen LogP contribution >= 0.6 is 0 Å². The highest BCUT2D eigenvalue weighted by atomic mass is 16.5. The minimum absolute atomic E-state index is 0.0606. The third-order valence-electron chi connectivity index (χ3n) is 3.40. The molecule has 0 saturated heterocycles. The molecule has 2 aromatic rings. The maximum absolute atomic E-state index is 11.9. The van der Waals surface area contributed by atoms with E-state index < -0.39 is 0 Å². The molecule has 132 valence electrons. The van der Waals surface area contributed by atoms with E-state index in [1.807, 2.05) is 45.0 Å². The molecule has 0 aliphatic carbocycles. The minimum Gasteiger partial charge on any atom is -0.491 e. The molecule has 0 radical (unpaired) electrons. The molecular weight excluding hydrogens is 316 g/mol. The number of hydrogen-bond acceptors (Lipinski definition) is 3. The molecule has 0 unspecified atom stereocenters. The van der Waals surface area contributed by atoms with Crippen LogP contribution in [0, 0.1) is 6.92 Å². The number of benzene rings is 2. The van der Waals surface area contributed by atoms with Crippen molar-refractivity contribution >= 4 is 17.5 Å². The molecule has 2 aromatic carbocycles. The summed E-state index contributed by atoms with van der Waals surface area (Å²) in [4.78, 5) is 23.8. The normalized spacial score (nSPS) is 10.4. The second-order valence-corrected chi connectivity index (χ2v) is 6.18. The van der Waals surface area contributed by atoms with Gasteiger partial charge in [-0.05, 0) is 50.6 Å². The van der Waals surface area contributed by atoms with Gasteiger partial charge in [0.2, 0.25) is 11.8 Å². The van der Waals surface area contributed by atoms with Crippen molar-refractivity contribution in [2.24, 2.45) is 0 Å². The summed E-state index contributed by atoms with van der Waals surface area (Å²) in [5, 5.41) is 5.37. The van der Waals surface area contributed by atoms with Gasteiger partial charge in [0.15, 0.2) is 0 Å². The maximum atomic E-state index is 11.9. The van der Waals surface area contributed by atoms with Crippen LogP contribution < -0.4 is 15.4 Å². The fraction of sp³-hybridized carbons (Fsp3) is 0.300. The lowest BCUT2D eigenvalue weighted by Crippen LogP contribution is -2.33. The van der Waals surface area contributed by atoms with Crippen LogP contribution in [0.25, 0.3) is 0 Å². The van der Waals surface area contributed by atoms with Gasteiger partial charge in [-0.15, -0.1) is 0 Å². The summed E-state index contributed by atoms with van der Waals surface area (Å²) < 4.78 is 5.55. The number of rotatable bonds is 7. The van der Waals surface area contributed by atoms with Crippen LogP contribution in [-0.2, 0) is 16.0 Å². The van der Waals surface area contributed by atoms with Crippen LogP contribution in [-0.4, -0.2) is 24.5 Å². The van der Waals surface area contributed by atoms with E-state index in [0.29, 0.717) is 5.69 Å². The maximum Gasteiger partial charge on any atom is 0.243 e. The Morgan fingerprint density at radius 3 is 2.40 bits per heavy atom. The molecule has 0 aromatic heterocycles. The predicted molar refractivity (Wildman–Crippen MR) is 98.7 cm³/mol. The second-order valence-electron chi connectivity index (χ2n) is 6.18. The van der Waals surface area contributed by atoms with E-state index >= 15 is 0 Å². The zero-order chi connectivity index (χ0) is 18.2. The fourth-order valence-electron chi connectivity index (χ4n) is 2.34. The molecule has 2 rings (SSSR count). The molecule has 2 N–H and O–H groups in total. The Kier molecular flexibility index (Phi) is 6.57. The number of nitrogens with one attached hydrogen (secondary N) is 2. The number of amides is 2. The summed E-state index contributed by atoms with van der Waals surface area (Å²) >= 11 is 0. The van der Waals surface area contributed by atoms with Gasteiger partial charge in [-0.25, -0.2) is 0 Å². The first-order valence-electron chi connectivity index (χ1n) is 8.31. The third-order valence-corrected chi connectivity index (χ3v) is 3.40. The quantitative estimate of drug-likeness (QED) is 0.814. The Hall–Kier alpha value is -2.82. The number of anilines is 1. The predicted octanol–water partition coefficient (Wildman–Crippen LogP) is 3.08. The molecule has 0 spiro atoms. The van der Waals surface area contributed by atoms with Crippen molar-refractivity contribution in [1.29, 1.82) is 0 Å². The Labute approximate surface area is 148 Å². The molecule has 0 atom stereocenters. The van der Waals surface area contributed by atoms with Crippen molar-refractivity contribution in [3.63, 3.8) is 0 Å². The topological polar surface area (TPSA) is 67.4 Å². The van der Waals surface area contributed by atoms with Crippen LogP contribution in [0.3, 0.4) is 0 Å². The van der Waals surface area contributed by atoms with E-state index in [1.165, 1.54) is 0 Å². The average Bonchev–Trinajstić information content (AvgIpc) is 2.54. The second kappa shape index (κ2) is 8.87. The van der Waals surface area contributed by atoms with E-state index in [2.05, 4.69) is 10.6 Å². The zero-order valence-electron chi connectivity index (χ0n) is 14.8. The van der Waals surface area contributed by atoms with E-state index in [0.717, 1.165) is 16.9 Å². The third kappa shape index (κ3) is 6.67. The molecule has 0 aliphatic rings.